The van der Waals surface area contributed by atoms with Gasteiger partial charge in [0.05, 0.1) is 18.5 Å². The molecule has 1 atom stereocenters. The molecule has 4 rings (SSSR count). The molecule has 1 aliphatic heterocycles. The average molecular weight is 414 g/mol. The van der Waals surface area contributed by atoms with Crippen molar-refractivity contribution in [1.29, 1.82) is 0 Å². The van der Waals surface area contributed by atoms with Crippen LogP contribution in [0.4, 0.5) is 0 Å². The highest BCUT2D eigenvalue weighted by atomic mass is 32.2. The third-order valence-electron chi connectivity index (χ3n) is 4.56. The molecule has 1 aromatic carbocycles. The summed E-state index contributed by atoms with van der Waals surface area (Å²) in [6, 6.07) is 11.4. The van der Waals surface area contributed by atoms with E-state index in [0.29, 0.717) is 30.4 Å². The van der Waals surface area contributed by atoms with Crippen molar-refractivity contribution in [2.75, 3.05) is 25.5 Å². The molecule has 0 spiro atoms. The monoisotopic (exact) mass is 413 g/mol. The standard InChI is InChI=1S/C20H23N5O3S/c1-2-27-15-7-5-14(6-8-15)20-23-22-17-9-10-19(24-25(17)20)29-13-18(26)21-12-16-4-3-11-28-16/h5-10,16H,2-4,11-13H2,1H3,(H,21,26)/t16-/m0/s1. The number of thioether (sulfide) groups is 1. The number of fused-ring (bicyclic) bond motifs is 1. The van der Waals surface area contributed by atoms with Gasteiger partial charge in [0.25, 0.3) is 0 Å². The summed E-state index contributed by atoms with van der Waals surface area (Å²) < 4.78 is 12.7. The van der Waals surface area contributed by atoms with Gasteiger partial charge in [0, 0.05) is 18.7 Å². The first-order valence-corrected chi connectivity index (χ1v) is 10.7. The van der Waals surface area contributed by atoms with Crippen molar-refractivity contribution in [2.24, 2.45) is 0 Å². The number of ether oxygens (including phenoxy) is 2. The second-order valence-electron chi connectivity index (χ2n) is 6.65. The zero-order valence-corrected chi connectivity index (χ0v) is 17.0. The summed E-state index contributed by atoms with van der Waals surface area (Å²) in [7, 11) is 0. The molecule has 0 radical (unpaired) electrons. The highest BCUT2D eigenvalue weighted by Crippen LogP contribution is 2.23. The van der Waals surface area contributed by atoms with E-state index in [2.05, 4.69) is 20.6 Å². The minimum Gasteiger partial charge on any atom is -0.494 e. The smallest absolute Gasteiger partial charge is 0.230 e. The molecule has 1 fully saturated rings. The largest absolute Gasteiger partial charge is 0.494 e. The van der Waals surface area contributed by atoms with Gasteiger partial charge >= 0.3 is 0 Å². The average Bonchev–Trinajstić information content (AvgIpc) is 3.41. The maximum absolute atomic E-state index is 12.1. The van der Waals surface area contributed by atoms with Gasteiger partial charge < -0.3 is 14.8 Å². The molecule has 3 heterocycles. The van der Waals surface area contributed by atoms with Crippen LogP contribution >= 0.6 is 11.8 Å². The van der Waals surface area contributed by atoms with Crippen LogP contribution in [0.3, 0.4) is 0 Å². The molecule has 1 saturated heterocycles. The van der Waals surface area contributed by atoms with Crippen molar-refractivity contribution in [3.63, 3.8) is 0 Å². The Hall–Kier alpha value is -2.65. The van der Waals surface area contributed by atoms with Crippen LogP contribution < -0.4 is 10.1 Å². The Balaban J connectivity index is 1.41. The van der Waals surface area contributed by atoms with Crippen LogP contribution in [0, 0.1) is 0 Å². The lowest BCUT2D eigenvalue weighted by Crippen LogP contribution is -2.32. The molecule has 3 aromatic rings. The first-order chi connectivity index (χ1) is 14.2. The van der Waals surface area contributed by atoms with Crippen molar-refractivity contribution in [2.45, 2.75) is 30.9 Å². The SMILES string of the molecule is CCOc1ccc(-c2nnc3ccc(SCC(=O)NC[C@@H]4CCCO4)nn23)cc1. The van der Waals surface area contributed by atoms with Crippen LogP contribution in [0.2, 0.25) is 0 Å². The van der Waals surface area contributed by atoms with Crippen molar-refractivity contribution >= 4 is 23.3 Å². The van der Waals surface area contributed by atoms with E-state index in [-0.39, 0.29) is 12.0 Å². The summed E-state index contributed by atoms with van der Waals surface area (Å²) >= 11 is 1.38. The Morgan fingerprint density at radius 3 is 2.90 bits per heavy atom. The number of carbonyl (C=O) groups excluding carboxylic acids is 1. The van der Waals surface area contributed by atoms with E-state index in [1.165, 1.54) is 11.8 Å². The number of hydrogen-bond donors (Lipinski definition) is 1. The maximum Gasteiger partial charge on any atom is 0.230 e. The van der Waals surface area contributed by atoms with Gasteiger partial charge in [0.2, 0.25) is 5.91 Å². The Kier molecular flexibility index (Phi) is 6.26. The summed E-state index contributed by atoms with van der Waals surface area (Å²) in [5, 5.41) is 16.7. The quantitative estimate of drug-likeness (QED) is 0.568. The molecule has 2 aromatic heterocycles. The Bertz CT molecular complexity index is 970. The van der Waals surface area contributed by atoms with Gasteiger partial charge in [0.15, 0.2) is 11.5 Å². The minimum absolute atomic E-state index is 0.0251. The minimum atomic E-state index is -0.0251. The van der Waals surface area contributed by atoms with Gasteiger partial charge in [-0.3, -0.25) is 4.79 Å². The topological polar surface area (TPSA) is 90.6 Å². The summed E-state index contributed by atoms with van der Waals surface area (Å²) in [5.41, 5.74) is 1.55. The molecule has 8 nitrogen and oxygen atoms in total. The Labute approximate surface area is 173 Å². The number of benzene rings is 1. The first-order valence-electron chi connectivity index (χ1n) is 9.69. The number of nitrogens with one attached hydrogen (secondary N) is 1. The second-order valence-corrected chi connectivity index (χ2v) is 7.65. The summed E-state index contributed by atoms with van der Waals surface area (Å²) in [4.78, 5) is 12.1. The zero-order chi connectivity index (χ0) is 20.1. The summed E-state index contributed by atoms with van der Waals surface area (Å²) in [5.74, 6) is 1.73. The third kappa shape index (κ3) is 4.86. The first kappa shape index (κ1) is 19.7. The Morgan fingerprint density at radius 2 is 2.14 bits per heavy atom. The molecule has 1 N–H and O–H groups in total. The van der Waals surface area contributed by atoms with Crippen molar-refractivity contribution in [3.8, 4) is 17.1 Å². The fourth-order valence-corrected chi connectivity index (χ4v) is 3.80. The fraction of sp³-hybridized carbons (Fsp3) is 0.400. The fourth-order valence-electron chi connectivity index (χ4n) is 3.12. The molecule has 0 saturated carbocycles. The summed E-state index contributed by atoms with van der Waals surface area (Å²) in [6.07, 6.45) is 2.22. The van der Waals surface area contributed by atoms with Crippen LogP contribution in [0.15, 0.2) is 41.4 Å². The lowest BCUT2D eigenvalue weighted by Gasteiger charge is -2.10. The molecule has 29 heavy (non-hydrogen) atoms. The van der Waals surface area contributed by atoms with Gasteiger partial charge in [-0.1, -0.05) is 11.8 Å². The van der Waals surface area contributed by atoms with Gasteiger partial charge in [-0.25, -0.2) is 0 Å². The molecule has 0 unspecified atom stereocenters. The van der Waals surface area contributed by atoms with Crippen LogP contribution in [-0.4, -0.2) is 57.3 Å². The zero-order valence-electron chi connectivity index (χ0n) is 16.2. The predicted octanol–water partition coefficient (Wildman–Crippen LogP) is 2.58. The van der Waals surface area contributed by atoms with Crippen molar-refractivity contribution in [3.05, 3.63) is 36.4 Å². The number of carbonyl (C=O) groups is 1. The molecule has 1 aliphatic rings. The number of nitrogens with zero attached hydrogens (tertiary/aromatic N) is 4. The van der Waals surface area contributed by atoms with Crippen LogP contribution in [0.1, 0.15) is 19.8 Å². The van der Waals surface area contributed by atoms with Gasteiger partial charge in [-0.15, -0.1) is 10.2 Å². The van der Waals surface area contributed by atoms with E-state index < -0.39 is 0 Å². The van der Waals surface area contributed by atoms with E-state index in [9.17, 15) is 4.79 Å². The maximum atomic E-state index is 12.1. The molecule has 0 bridgehead atoms. The molecule has 152 valence electrons. The van der Waals surface area contributed by atoms with E-state index in [4.69, 9.17) is 9.47 Å². The molecule has 9 heteroatoms. The molecule has 1 amide bonds. The Morgan fingerprint density at radius 1 is 1.28 bits per heavy atom. The van der Waals surface area contributed by atoms with Crippen LogP contribution in [-0.2, 0) is 9.53 Å². The van der Waals surface area contributed by atoms with Gasteiger partial charge in [-0.2, -0.15) is 9.61 Å². The highest BCUT2D eigenvalue weighted by molar-refractivity contribution is 7.99. The van der Waals surface area contributed by atoms with Crippen LogP contribution in [0.25, 0.3) is 17.0 Å². The van der Waals surface area contributed by atoms with E-state index in [1.54, 1.807) is 4.52 Å². The van der Waals surface area contributed by atoms with E-state index in [1.807, 2.05) is 43.3 Å². The second kappa shape index (κ2) is 9.23. The number of amides is 1. The van der Waals surface area contributed by atoms with Gasteiger partial charge in [-0.05, 0) is 56.2 Å². The molecule has 0 aliphatic carbocycles. The van der Waals surface area contributed by atoms with Gasteiger partial charge in [0.1, 0.15) is 10.8 Å². The lowest BCUT2D eigenvalue weighted by molar-refractivity contribution is -0.119. The third-order valence-corrected chi connectivity index (χ3v) is 5.48. The molecular formula is C20H23N5O3S. The lowest BCUT2D eigenvalue weighted by atomic mass is 10.2. The molecular weight excluding hydrogens is 390 g/mol. The number of aromatic nitrogens is 4. The van der Waals surface area contributed by atoms with Crippen LogP contribution in [0.5, 0.6) is 5.75 Å². The van der Waals surface area contributed by atoms with Crippen molar-refractivity contribution < 1.29 is 14.3 Å². The highest BCUT2D eigenvalue weighted by Gasteiger charge is 2.16. The van der Waals surface area contributed by atoms with E-state index >= 15 is 0 Å². The summed E-state index contributed by atoms with van der Waals surface area (Å²) in [6.45, 7) is 3.93. The number of rotatable bonds is 8. The van der Waals surface area contributed by atoms with E-state index in [0.717, 1.165) is 35.8 Å². The predicted molar refractivity (Wildman–Crippen MR) is 110 cm³/mol. The number of hydrogen-bond acceptors (Lipinski definition) is 7. The van der Waals surface area contributed by atoms with Crippen molar-refractivity contribution in [1.82, 2.24) is 25.1 Å². The normalized spacial score (nSPS) is 16.2.